The quantitative estimate of drug-likeness (QED) is 0.781. The average molecular weight is 307 g/mol. The number of hydrogen-bond acceptors (Lipinski definition) is 3. The Morgan fingerprint density at radius 1 is 1.00 bits per heavy atom. The van der Waals surface area contributed by atoms with Gasteiger partial charge in [0.25, 0.3) is 0 Å². The maximum atomic E-state index is 12.7. The molecule has 4 nitrogen and oxygen atoms in total. The van der Waals surface area contributed by atoms with Gasteiger partial charge in [-0.05, 0) is 78.0 Å². The van der Waals surface area contributed by atoms with Crippen molar-refractivity contribution in [2.45, 2.75) is 52.0 Å². The zero-order valence-electron chi connectivity index (χ0n) is 14.7. The molecule has 0 radical (unpaired) electrons. The molecule has 1 amide bonds. The summed E-state index contributed by atoms with van der Waals surface area (Å²) in [4.78, 5) is 19.9. The molecule has 0 bridgehead atoms. The van der Waals surface area contributed by atoms with Gasteiger partial charge in [0.1, 0.15) is 0 Å². The number of piperidine rings is 2. The molecule has 22 heavy (non-hydrogen) atoms. The fourth-order valence-electron chi connectivity index (χ4n) is 4.53. The Labute approximate surface area is 135 Å². The van der Waals surface area contributed by atoms with Crippen LogP contribution in [-0.2, 0) is 4.79 Å². The monoisotopic (exact) mass is 307 g/mol. The highest BCUT2D eigenvalue weighted by Gasteiger charge is 2.42. The third-order valence-corrected chi connectivity index (χ3v) is 6.40. The molecular weight excluding hydrogens is 274 g/mol. The molecule has 0 atom stereocenters. The Morgan fingerprint density at radius 2 is 1.59 bits per heavy atom. The lowest BCUT2D eigenvalue weighted by Gasteiger charge is -2.41. The Morgan fingerprint density at radius 3 is 2.14 bits per heavy atom. The summed E-state index contributed by atoms with van der Waals surface area (Å²) in [5.41, 5.74) is 0.508. The van der Waals surface area contributed by atoms with E-state index in [1.165, 1.54) is 32.4 Å². The number of amides is 1. The maximum absolute atomic E-state index is 12.7. The van der Waals surface area contributed by atoms with Crippen molar-refractivity contribution in [3.63, 3.8) is 0 Å². The van der Waals surface area contributed by atoms with Crippen molar-refractivity contribution in [1.29, 1.82) is 0 Å². The molecule has 4 heteroatoms. The Bertz CT molecular complexity index is 393. The lowest BCUT2D eigenvalue weighted by atomic mass is 9.77. The number of rotatable bonds is 2. The van der Waals surface area contributed by atoms with E-state index in [0.29, 0.717) is 23.3 Å². The van der Waals surface area contributed by atoms with Crippen molar-refractivity contribution in [2.75, 3.05) is 46.3 Å². The first kappa shape index (κ1) is 16.3. The van der Waals surface area contributed by atoms with Gasteiger partial charge in [-0.3, -0.25) is 4.79 Å². The normalized spacial score (nSPS) is 27.9. The van der Waals surface area contributed by atoms with Crippen LogP contribution in [0.1, 0.15) is 46.0 Å². The smallest absolute Gasteiger partial charge is 0.225 e. The molecule has 3 aliphatic rings. The number of carbonyl (C=O) groups excluding carboxylic acids is 1. The standard InChI is InChI=1S/C18H33N3O/c1-15(2)21-13-8-18(14-21)6-11-20(12-7-18)17(22)16-4-9-19(3)10-5-16/h15-16H,4-14H2,1-3H3. The van der Waals surface area contributed by atoms with Crippen molar-refractivity contribution in [3.05, 3.63) is 0 Å². The van der Waals surface area contributed by atoms with Gasteiger partial charge in [-0.15, -0.1) is 0 Å². The van der Waals surface area contributed by atoms with Crippen LogP contribution in [0.15, 0.2) is 0 Å². The third kappa shape index (κ3) is 3.33. The van der Waals surface area contributed by atoms with Gasteiger partial charge in [0.2, 0.25) is 5.91 Å². The summed E-state index contributed by atoms with van der Waals surface area (Å²) in [6.45, 7) is 11.3. The van der Waals surface area contributed by atoms with E-state index in [-0.39, 0.29) is 0 Å². The fourth-order valence-corrected chi connectivity index (χ4v) is 4.53. The second-order valence-electron chi connectivity index (χ2n) is 8.22. The maximum Gasteiger partial charge on any atom is 0.225 e. The van der Waals surface area contributed by atoms with Crippen molar-refractivity contribution in [1.82, 2.24) is 14.7 Å². The molecule has 0 aromatic carbocycles. The summed E-state index contributed by atoms with van der Waals surface area (Å²) in [5.74, 6) is 0.739. The van der Waals surface area contributed by atoms with Crippen molar-refractivity contribution in [3.8, 4) is 0 Å². The summed E-state index contributed by atoms with van der Waals surface area (Å²) in [6.07, 6.45) is 5.88. The molecule has 3 rings (SSSR count). The zero-order valence-corrected chi connectivity index (χ0v) is 14.7. The molecule has 0 aromatic heterocycles. The van der Waals surface area contributed by atoms with Crippen LogP contribution in [-0.4, -0.2) is 73.0 Å². The highest BCUT2D eigenvalue weighted by Crippen LogP contribution is 2.41. The van der Waals surface area contributed by atoms with Crippen LogP contribution in [0.5, 0.6) is 0 Å². The molecule has 0 unspecified atom stereocenters. The van der Waals surface area contributed by atoms with Crippen LogP contribution in [0, 0.1) is 11.3 Å². The molecule has 3 heterocycles. The van der Waals surface area contributed by atoms with Gasteiger partial charge >= 0.3 is 0 Å². The van der Waals surface area contributed by atoms with Crippen LogP contribution in [0.3, 0.4) is 0 Å². The molecule has 126 valence electrons. The molecule has 3 aliphatic heterocycles. The van der Waals surface area contributed by atoms with Crippen molar-refractivity contribution in [2.24, 2.45) is 11.3 Å². The van der Waals surface area contributed by atoms with E-state index in [2.05, 4.69) is 35.6 Å². The van der Waals surface area contributed by atoms with Gasteiger partial charge in [0.05, 0.1) is 0 Å². The molecule has 3 saturated heterocycles. The summed E-state index contributed by atoms with van der Waals surface area (Å²) < 4.78 is 0. The minimum absolute atomic E-state index is 0.293. The van der Waals surface area contributed by atoms with Crippen LogP contribution in [0.4, 0.5) is 0 Å². The van der Waals surface area contributed by atoms with Gasteiger partial charge in [0.15, 0.2) is 0 Å². The van der Waals surface area contributed by atoms with Crippen LogP contribution in [0.25, 0.3) is 0 Å². The zero-order chi connectivity index (χ0) is 15.7. The minimum atomic E-state index is 0.293. The largest absolute Gasteiger partial charge is 0.342 e. The summed E-state index contributed by atoms with van der Waals surface area (Å²) >= 11 is 0. The van der Waals surface area contributed by atoms with E-state index < -0.39 is 0 Å². The Balaban J connectivity index is 1.50. The van der Waals surface area contributed by atoms with Crippen molar-refractivity contribution >= 4 is 5.91 Å². The summed E-state index contributed by atoms with van der Waals surface area (Å²) in [5, 5.41) is 0. The minimum Gasteiger partial charge on any atom is -0.342 e. The molecule has 0 aliphatic carbocycles. The second-order valence-corrected chi connectivity index (χ2v) is 8.22. The molecule has 1 spiro atoms. The van der Waals surface area contributed by atoms with Crippen LogP contribution >= 0.6 is 0 Å². The van der Waals surface area contributed by atoms with Crippen molar-refractivity contribution < 1.29 is 4.79 Å². The van der Waals surface area contributed by atoms with E-state index in [0.717, 1.165) is 39.0 Å². The molecule has 0 N–H and O–H groups in total. The van der Waals surface area contributed by atoms with Gasteiger partial charge in [0, 0.05) is 31.6 Å². The van der Waals surface area contributed by atoms with Crippen LogP contribution in [0.2, 0.25) is 0 Å². The SMILES string of the molecule is CC(C)N1CCC2(CCN(C(=O)C3CCN(C)CC3)CC2)C1. The van der Waals surface area contributed by atoms with Gasteiger partial charge in [-0.1, -0.05) is 0 Å². The fraction of sp³-hybridized carbons (Fsp3) is 0.944. The number of carbonyl (C=O) groups is 1. The topological polar surface area (TPSA) is 26.8 Å². The van der Waals surface area contributed by atoms with E-state index in [4.69, 9.17) is 0 Å². The lowest BCUT2D eigenvalue weighted by molar-refractivity contribution is -0.139. The first-order chi connectivity index (χ1) is 10.5. The molecule has 3 fully saturated rings. The van der Waals surface area contributed by atoms with E-state index in [1.807, 2.05) is 0 Å². The van der Waals surface area contributed by atoms with E-state index in [1.54, 1.807) is 0 Å². The number of nitrogens with zero attached hydrogens (tertiary/aromatic N) is 3. The molecular formula is C18H33N3O. The first-order valence-electron chi connectivity index (χ1n) is 9.20. The highest BCUT2D eigenvalue weighted by atomic mass is 16.2. The van der Waals surface area contributed by atoms with Gasteiger partial charge in [-0.25, -0.2) is 0 Å². The van der Waals surface area contributed by atoms with E-state index in [9.17, 15) is 4.79 Å². The predicted octanol–water partition coefficient (Wildman–Crippen LogP) is 2.05. The lowest BCUT2D eigenvalue weighted by Crippen LogP contribution is -2.48. The van der Waals surface area contributed by atoms with Gasteiger partial charge in [-0.2, -0.15) is 0 Å². The van der Waals surface area contributed by atoms with Crippen LogP contribution < -0.4 is 0 Å². The summed E-state index contributed by atoms with van der Waals surface area (Å²) in [6, 6.07) is 0.665. The second kappa shape index (κ2) is 6.48. The number of likely N-dealkylation sites (tertiary alicyclic amines) is 3. The summed E-state index contributed by atoms with van der Waals surface area (Å²) in [7, 11) is 2.16. The number of hydrogen-bond donors (Lipinski definition) is 0. The first-order valence-corrected chi connectivity index (χ1v) is 9.20. The molecule has 0 aromatic rings. The Kier molecular flexibility index (Phi) is 4.79. The predicted molar refractivity (Wildman–Crippen MR) is 89.8 cm³/mol. The molecule has 0 saturated carbocycles. The van der Waals surface area contributed by atoms with E-state index >= 15 is 0 Å². The van der Waals surface area contributed by atoms with Gasteiger partial charge < -0.3 is 14.7 Å². The average Bonchev–Trinajstić information content (AvgIpc) is 2.92. The highest BCUT2D eigenvalue weighted by molar-refractivity contribution is 5.79. The Hall–Kier alpha value is -0.610. The third-order valence-electron chi connectivity index (χ3n) is 6.40.